The van der Waals surface area contributed by atoms with E-state index in [1.807, 2.05) is 13.0 Å². The molecule has 0 saturated carbocycles. The minimum Gasteiger partial charge on any atom is -0.326 e. The van der Waals surface area contributed by atoms with Gasteiger partial charge in [-0.1, -0.05) is 19.1 Å². The van der Waals surface area contributed by atoms with Crippen molar-refractivity contribution in [1.82, 2.24) is 19.9 Å². The van der Waals surface area contributed by atoms with Gasteiger partial charge in [-0.3, -0.25) is 5.10 Å². The Labute approximate surface area is 124 Å². The highest BCUT2D eigenvalue weighted by molar-refractivity contribution is 7.89. The molecule has 1 aromatic carbocycles. The summed E-state index contributed by atoms with van der Waals surface area (Å²) >= 11 is 0. The molecule has 0 aliphatic rings. The molecule has 0 spiro atoms. The van der Waals surface area contributed by atoms with E-state index in [2.05, 4.69) is 19.9 Å². The minimum atomic E-state index is -3.65. The maximum atomic E-state index is 12.6. The Kier molecular flexibility index (Phi) is 4.71. The zero-order chi connectivity index (χ0) is 15.5. The molecular formula is C13H19N5O2S. The van der Waals surface area contributed by atoms with Crippen LogP contribution in [0.3, 0.4) is 0 Å². The average Bonchev–Trinajstić information content (AvgIpc) is 3.00. The Hall–Kier alpha value is -1.77. The van der Waals surface area contributed by atoms with Gasteiger partial charge in [0.2, 0.25) is 10.0 Å². The van der Waals surface area contributed by atoms with Crippen LogP contribution < -0.4 is 10.5 Å². The predicted molar refractivity (Wildman–Crippen MR) is 78.8 cm³/mol. The first-order chi connectivity index (χ1) is 9.97. The largest absolute Gasteiger partial charge is 0.326 e. The van der Waals surface area contributed by atoms with Gasteiger partial charge in [0.1, 0.15) is 12.2 Å². The number of H-pyrrole nitrogens is 1. The van der Waals surface area contributed by atoms with Gasteiger partial charge < -0.3 is 5.73 Å². The Morgan fingerprint density at radius 1 is 1.43 bits per heavy atom. The Morgan fingerprint density at radius 3 is 2.76 bits per heavy atom. The van der Waals surface area contributed by atoms with Crippen LogP contribution in [-0.2, 0) is 23.0 Å². The predicted octanol–water partition coefficient (Wildman–Crippen LogP) is 0.865. The maximum Gasteiger partial charge on any atom is 0.241 e. The molecule has 114 valence electrons. The van der Waals surface area contributed by atoms with Gasteiger partial charge in [0.05, 0.1) is 10.9 Å². The third kappa shape index (κ3) is 3.46. The van der Waals surface area contributed by atoms with Crippen molar-refractivity contribution >= 4 is 10.0 Å². The number of nitrogens with two attached hydrogens (primary N) is 1. The molecule has 0 bridgehead atoms. The van der Waals surface area contributed by atoms with Gasteiger partial charge in [-0.05, 0) is 30.5 Å². The van der Waals surface area contributed by atoms with E-state index in [1.54, 1.807) is 19.1 Å². The van der Waals surface area contributed by atoms with Gasteiger partial charge in [-0.25, -0.2) is 18.1 Å². The van der Waals surface area contributed by atoms with Gasteiger partial charge in [-0.15, -0.1) is 0 Å². The molecule has 0 saturated heterocycles. The summed E-state index contributed by atoms with van der Waals surface area (Å²) in [6, 6.07) is 4.77. The highest BCUT2D eigenvalue weighted by Gasteiger charge is 2.22. The van der Waals surface area contributed by atoms with Gasteiger partial charge in [0, 0.05) is 6.54 Å². The van der Waals surface area contributed by atoms with Crippen molar-refractivity contribution in [2.45, 2.75) is 37.8 Å². The van der Waals surface area contributed by atoms with Crippen molar-refractivity contribution < 1.29 is 8.42 Å². The van der Waals surface area contributed by atoms with Crippen LogP contribution in [0.25, 0.3) is 0 Å². The molecule has 7 nitrogen and oxygen atoms in total. The zero-order valence-electron chi connectivity index (χ0n) is 12.0. The van der Waals surface area contributed by atoms with E-state index in [9.17, 15) is 8.42 Å². The lowest BCUT2D eigenvalue weighted by Crippen LogP contribution is -2.28. The molecule has 0 aliphatic carbocycles. The number of nitrogens with zero attached hydrogens (tertiary/aromatic N) is 2. The zero-order valence-corrected chi connectivity index (χ0v) is 12.8. The van der Waals surface area contributed by atoms with Crippen LogP contribution in [0.5, 0.6) is 0 Å². The van der Waals surface area contributed by atoms with Crippen molar-refractivity contribution in [3.05, 3.63) is 41.5 Å². The first-order valence-electron chi connectivity index (χ1n) is 6.67. The number of hydrogen-bond acceptors (Lipinski definition) is 5. The van der Waals surface area contributed by atoms with Crippen molar-refractivity contribution in [3.8, 4) is 0 Å². The fourth-order valence-electron chi connectivity index (χ4n) is 2.04. The van der Waals surface area contributed by atoms with Crippen molar-refractivity contribution in [2.75, 3.05) is 0 Å². The maximum absolute atomic E-state index is 12.6. The Balaban J connectivity index is 2.34. The number of hydrogen-bond donors (Lipinski definition) is 3. The monoisotopic (exact) mass is 309 g/mol. The van der Waals surface area contributed by atoms with Gasteiger partial charge >= 0.3 is 0 Å². The summed E-state index contributed by atoms with van der Waals surface area (Å²) in [5, 5.41) is 6.37. The number of sulfonamides is 1. The highest BCUT2D eigenvalue weighted by Crippen LogP contribution is 2.20. The molecule has 0 fully saturated rings. The number of rotatable bonds is 6. The Morgan fingerprint density at radius 2 is 2.19 bits per heavy atom. The van der Waals surface area contributed by atoms with Crippen LogP contribution in [-0.4, -0.2) is 23.6 Å². The van der Waals surface area contributed by atoms with Crippen LogP contribution in [0, 0.1) is 0 Å². The number of aromatic nitrogens is 3. The standard InChI is InChI=1S/C13H19N5O2S/c1-3-11-5-4-10(7-14)6-12(11)21(19,20)18-9(2)13-15-8-16-17-13/h4-6,8-9,18H,3,7,14H2,1-2H3,(H,15,16,17). The summed E-state index contributed by atoms with van der Waals surface area (Å²) in [5.74, 6) is 0.464. The topological polar surface area (TPSA) is 114 Å². The van der Waals surface area contributed by atoms with E-state index in [0.29, 0.717) is 18.8 Å². The molecule has 1 unspecified atom stereocenters. The van der Waals surface area contributed by atoms with Gasteiger partial charge in [0.15, 0.2) is 0 Å². The SMILES string of the molecule is CCc1ccc(CN)cc1S(=O)(=O)NC(C)c1ncn[nH]1. The van der Waals surface area contributed by atoms with Crippen LogP contribution in [0.2, 0.25) is 0 Å². The third-order valence-corrected chi connectivity index (χ3v) is 4.84. The summed E-state index contributed by atoms with van der Waals surface area (Å²) in [4.78, 5) is 4.22. The molecule has 1 atom stereocenters. The lowest BCUT2D eigenvalue weighted by atomic mass is 10.1. The van der Waals surface area contributed by atoms with Crippen LogP contribution >= 0.6 is 0 Å². The average molecular weight is 309 g/mol. The van der Waals surface area contributed by atoms with E-state index in [1.165, 1.54) is 6.33 Å². The normalized spacial score (nSPS) is 13.3. The summed E-state index contributed by atoms with van der Waals surface area (Å²) in [6.07, 6.45) is 1.96. The summed E-state index contributed by atoms with van der Waals surface area (Å²) in [6.45, 7) is 3.91. The summed E-state index contributed by atoms with van der Waals surface area (Å²) < 4.78 is 27.7. The second-order valence-electron chi connectivity index (χ2n) is 4.71. The van der Waals surface area contributed by atoms with Crippen LogP contribution in [0.1, 0.15) is 36.8 Å². The fraction of sp³-hybridized carbons (Fsp3) is 0.385. The lowest BCUT2D eigenvalue weighted by molar-refractivity contribution is 0.559. The molecule has 1 aromatic heterocycles. The molecule has 1 heterocycles. The molecule has 0 aliphatic heterocycles. The van der Waals surface area contributed by atoms with E-state index in [0.717, 1.165) is 11.1 Å². The molecule has 4 N–H and O–H groups in total. The fourth-order valence-corrected chi connectivity index (χ4v) is 3.61. The first-order valence-corrected chi connectivity index (χ1v) is 8.15. The van der Waals surface area contributed by atoms with E-state index in [4.69, 9.17) is 5.73 Å². The van der Waals surface area contributed by atoms with Crippen molar-refractivity contribution in [3.63, 3.8) is 0 Å². The molecule has 0 radical (unpaired) electrons. The van der Waals surface area contributed by atoms with E-state index < -0.39 is 16.1 Å². The minimum absolute atomic E-state index is 0.263. The highest BCUT2D eigenvalue weighted by atomic mass is 32.2. The first kappa shape index (κ1) is 15.6. The molecular weight excluding hydrogens is 290 g/mol. The molecule has 2 aromatic rings. The van der Waals surface area contributed by atoms with E-state index in [-0.39, 0.29) is 4.90 Å². The van der Waals surface area contributed by atoms with Crippen molar-refractivity contribution in [2.24, 2.45) is 5.73 Å². The summed E-state index contributed by atoms with van der Waals surface area (Å²) in [5.41, 5.74) is 7.13. The van der Waals surface area contributed by atoms with Gasteiger partial charge in [-0.2, -0.15) is 5.10 Å². The quantitative estimate of drug-likeness (QED) is 0.732. The smallest absolute Gasteiger partial charge is 0.241 e. The molecule has 0 amide bonds. The number of nitrogens with one attached hydrogen (secondary N) is 2. The number of benzene rings is 1. The van der Waals surface area contributed by atoms with Crippen LogP contribution in [0.15, 0.2) is 29.4 Å². The third-order valence-electron chi connectivity index (χ3n) is 3.21. The number of aromatic amines is 1. The lowest BCUT2D eigenvalue weighted by Gasteiger charge is -2.15. The second-order valence-corrected chi connectivity index (χ2v) is 6.40. The summed E-state index contributed by atoms with van der Waals surface area (Å²) in [7, 11) is -3.65. The molecule has 2 rings (SSSR count). The number of aryl methyl sites for hydroxylation is 1. The molecule has 8 heteroatoms. The van der Waals surface area contributed by atoms with Gasteiger partial charge in [0.25, 0.3) is 0 Å². The van der Waals surface area contributed by atoms with Crippen LogP contribution in [0.4, 0.5) is 0 Å². The Bertz CT molecular complexity index is 697. The molecule has 21 heavy (non-hydrogen) atoms. The van der Waals surface area contributed by atoms with E-state index >= 15 is 0 Å². The second kappa shape index (κ2) is 6.33. The van der Waals surface area contributed by atoms with Crippen molar-refractivity contribution in [1.29, 1.82) is 0 Å².